The molecule has 0 saturated heterocycles. The SMILES string of the molecule is Cc1c(C=O)[nH]c2ccc(C(F)(F)F)cc12. The molecule has 0 bridgehead atoms. The van der Waals surface area contributed by atoms with Crippen LogP contribution in [0.5, 0.6) is 0 Å². The number of alkyl halides is 3. The van der Waals surface area contributed by atoms with E-state index < -0.39 is 11.7 Å². The number of H-pyrrole nitrogens is 1. The number of aromatic amines is 1. The fourth-order valence-electron chi connectivity index (χ4n) is 1.64. The van der Waals surface area contributed by atoms with Gasteiger partial charge >= 0.3 is 6.18 Å². The van der Waals surface area contributed by atoms with Gasteiger partial charge in [-0.25, -0.2) is 0 Å². The van der Waals surface area contributed by atoms with E-state index in [0.29, 0.717) is 28.4 Å². The molecule has 1 aromatic heterocycles. The number of rotatable bonds is 1. The molecule has 0 radical (unpaired) electrons. The lowest BCUT2D eigenvalue weighted by Gasteiger charge is -2.06. The topological polar surface area (TPSA) is 32.9 Å². The summed E-state index contributed by atoms with van der Waals surface area (Å²) in [4.78, 5) is 13.4. The summed E-state index contributed by atoms with van der Waals surface area (Å²) in [6, 6.07) is 3.37. The van der Waals surface area contributed by atoms with E-state index in [1.54, 1.807) is 6.92 Å². The third kappa shape index (κ3) is 1.58. The van der Waals surface area contributed by atoms with Gasteiger partial charge in [0, 0.05) is 10.9 Å². The molecular formula is C11H8F3NO. The highest BCUT2D eigenvalue weighted by Gasteiger charge is 2.30. The van der Waals surface area contributed by atoms with Gasteiger partial charge < -0.3 is 4.98 Å². The minimum absolute atomic E-state index is 0.314. The monoisotopic (exact) mass is 227 g/mol. The molecule has 0 fully saturated rings. The largest absolute Gasteiger partial charge is 0.416 e. The fraction of sp³-hybridized carbons (Fsp3) is 0.182. The highest BCUT2D eigenvalue weighted by molar-refractivity contribution is 5.92. The second kappa shape index (κ2) is 3.37. The highest BCUT2D eigenvalue weighted by atomic mass is 19.4. The molecule has 0 aliphatic carbocycles. The second-order valence-electron chi connectivity index (χ2n) is 3.54. The van der Waals surface area contributed by atoms with Crippen LogP contribution in [0.25, 0.3) is 10.9 Å². The van der Waals surface area contributed by atoms with E-state index in [0.717, 1.165) is 12.1 Å². The summed E-state index contributed by atoms with van der Waals surface area (Å²) in [5.41, 5.74) is 0.678. The molecule has 0 amide bonds. The number of carbonyl (C=O) groups is 1. The van der Waals surface area contributed by atoms with Crippen LogP contribution in [0, 0.1) is 6.92 Å². The zero-order valence-electron chi connectivity index (χ0n) is 8.35. The minimum Gasteiger partial charge on any atom is -0.352 e. The highest BCUT2D eigenvalue weighted by Crippen LogP contribution is 2.32. The maximum absolute atomic E-state index is 12.5. The van der Waals surface area contributed by atoms with Crippen LogP contribution in [0.15, 0.2) is 18.2 Å². The van der Waals surface area contributed by atoms with Crippen molar-refractivity contribution in [2.75, 3.05) is 0 Å². The predicted octanol–water partition coefficient (Wildman–Crippen LogP) is 3.31. The number of hydrogen-bond donors (Lipinski definition) is 1. The van der Waals surface area contributed by atoms with Gasteiger partial charge in [-0.3, -0.25) is 4.79 Å². The zero-order valence-corrected chi connectivity index (χ0v) is 8.35. The Bertz CT molecular complexity index is 554. The third-order valence-electron chi connectivity index (χ3n) is 2.54. The van der Waals surface area contributed by atoms with Crippen LogP contribution in [0.1, 0.15) is 21.6 Å². The third-order valence-corrected chi connectivity index (χ3v) is 2.54. The van der Waals surface area contributed by atoms with Crippen molar-refractivity contribution in [3.8, 4) is 0 Å². The first-order valence-electron chi connectivity index (χ1n) is 4.58. The Morgan fingerprint density at radius 2 is 2.00 bits per heavy atom. The van der Waals surface area contributed by atoms with E-state index in [1.807, 2.05) is 0 Å². The number of aromatic nitrogens is 1. The molecule has 5 heteroatoms. The minimum atomic E-state index is -4.36. The molecule has 1 aromatic carbocycles. The maximum atomic E-state index is 12.5. The zero-order chi connectivity index (χ0) is 11.9. The number of hydrogen-bond acceptors (Lipinski definition) is 1. The van der Waals surface area contributed by atoms with Crippen LogP contribution < -0.4 is 0 Å². The predicted molar refractivity (Wildman–Crippen MR) is 53.4 cm³/mol. The molecule has 84 valence electrons. The first-order valence-corrected chi connectivity index (χ1v) is 4.58. The molecule has 0 spiro atoms. The van der Waals surface area contributed by atoms with Gasteiger partial charge in [0.1, 0.15) is 0 Å². The fourth-order valence-corrected chi connectivity index (χ4v) is 1.64. The van der Waals surface area contributed by atoms with Crippen molar-refractivity contribution in [2.24, 2.45) is 0 Å². The Balaban J connectivity index is 2.70. The number of aryl methyl sites for hydroxylation is 1. The molecule has 0 atom stereocenters. The van der Waals surface area contributed by atoms with Gasteiger partial charge in [0.05, 0.1) is 11.3 Å². The van der Waals surface area contributed by atoms with Crippen molar-refractivity contribution in [3.05, 3.63) is 35.0 Å². The molecule has 16 heavy (non-hydrogen) atoms. The lowest BCUT2D eigenvalue weighted by Crippen LogP contribution is -2.04. The molecule has 2 rings (SSSR count). The van der Waals surface area contributed by atoms with Crippen molar-refractivity contribution >= 4 is 17.2 Å². The average Bonchev–Trinajstić information content (AvgIpc) is 2.54. The number of fused-ring (bicyclic) bond motifs is 1. The van der Waals surface area contributed by atoms with E-state index in [4.69, 9.17) is 0 Å². The summed E-state index contributed by atoms with van der Waals surface area (Å²) in [6.45, 7) is 1.61. The second-order valence-corrected chi connectivity index (χ2v) is 3.54. The Labute approximate surface area is 89.1 Å². The first kappa shape index (κ1) is 10.7. The molecular weight excluding hydrogens is 219 g/mol. The average molecular weight is 227 g/mol. The van der Waals surface area contributed by atoms with Gasteiger partial charge in [-0.2, -0.15) is 13.2 Å². The van der Waals surface area contributed by atoms with Gasteiger partial charge in [-0.05, 0) is 30.7 Å². The lowest BCUT2D eigenvalue weighted by molar-refractivity contribution is -0.137. The summed E-state index contributed by atoms with van der Waals surface area (Å²) in [6.07, 6.45) is -3.76. The number of benzene rings is 1. The Kier molecular flexibility index (Phi) is 2.26. The summed E-state index contributed by atoms with van der Waals surface area (Å²) in [5.74, 6) is 0. The van der Waals surface area contributed by atoms with Crippen LogP contribution >= 0.6 is 0 Å². The van der Waals surface area contributed by atoms with Gasteiger partial charge in [0.15, 0.2) is 6.29 Å². The lowest BCUT2D eigenvalue weighted by atomic mass is 10.1. The molecule has 0 saturated carbocycles. The number of halogens is 3. The van der Waals surface area contributed by atoms with E-state index in [2.05, 4.69) is 4.98 Å². The Morgan fingerprint density at radius 1 is 1.31 bits per heavy atom. The molecule has 0 aliphatic heterocycles. The van der Waals surface area contributed by atoms with Crippen molar-refractivity contribution < 1.29 is 18.0 Å². The van der Waals surface area contributed by atoms with Crippen molar-refractivity contribution in [1.82, 2.24) is 4.98 Å². The summed E-state index contributed by atoms with van der Waals surface area (Å²) >= 11 is 0. The Morgan fingerprint density at radius 3 is 2.56 bits per heavy atom. The number of aldehydes is 1. The van der Waals surface area contributed by atoms with Crippen LogP contribution in [0.2, 0.25) is 0 Å². The van der Waals surface area contributed by atoms with Gasteiger partial charge in [0.2, 0.25) is 0 Å². The molecule has 0 aliphatic rings. The number of nitrogens with one attached hydrogen (secondary N) is 1. The molecule has 2 nitrogen and oxygen atoms in total. The van der Waals surface area contributed by atoms with E-state index >= 15 is 0 Å². The van der Waals surface area contributed by atoms with E-state index in [9.17, 15) is 18.0 Å². The molecule has 1 N–H and O–H groups in total. The smallest absolute Gasteiger partial charge is 0.352 e. The quantitative estimate of drug-likeness (QED) is 0.745. The van der Waals surface area contributed by atoms with Crippen LogP contribution in [0.3, 0.4) is 0 Å². The molecule has 2 aromatic rings. The van der Waals surface area contributed by atoms with Crippen molar-refractivity contribution in [2.45, 2.75) is 13.1 Å². The normalized spacial score (nSPS) is 12.0. The van der Waals surface area contributed by atoms with Crippen LogP contribution in [-0.2, 0) is 6.18 Å². The number of carbonyl (C=O) groups excluding carboxylic acids is 1. The standard InChI is InChI=1S/C11H8F3NO/c1-6-8-4-7(11(12,13)14)2-3-9(8)15-10(6)5-16/h2-5,15H,1H3. The Hall–Kier alpha value is -1.78. The van der Waals surface area contributed by atoms with Crippen LogP contribution in [-0.4, -0.2) is 11.3 Å². The van der Waals surface area contributed by atoms with E-state index in [-0.39, 0.29) is 0 Å². The summed E-state index contributed by atoms with van der Waals surface area (Å²) in [7, 11) is 0. The summed E-state index contributed by atoms with van der Waals surface area (Å²) < 4.78 is 37.4. The maximum Gasteiger partial charge on any atom is 0.416 e. The van der Waals surface area contributed by atoms with Crippen molar-refractivity contribution in [1.29, 1.82) is 0 Å². The van der Waals surface area contributed by atoms with Crippen molar-refractivity contribution in [3.63, 3.8) is 0 Å². The molecule has 1 heterocycles. The molecule has 0 unspecified atom stereocenters. The summed E-state index contributed by atoms with van der Waals surface area (Å²) in [5, 5.41) is 0.428. The van der Waals surface area contributed by atoms with Gasteiger partial charge in [0.25, 0.3) is 0 Å². The first-order chi connectivity index (χ1) is 7.43. The van der Waals surface area contributed by atoms with Crippen LogP contribution in [0.4, 0.5) is 13.2 Å². The van der Waals surface area contributed by atoms with Gasteiger partial charge in [-0.1, -0.05) is 0 Å². The van der Waals surface area contributed by atoms with E-state index in [1.165, 1.54) is 6.07 Å². The van der Waals surface area contributed by atoms with Gasteiger partial charge in [-0.15, -0.1) is 0 Å².